The summed E-state index contributed by atoms with van der Waals surface area (Å²) in [5.74, 6) is -0.309. The lowest BCUT2D eigenvalue weighted by atomic mass is 10.2. The summed E-state index contributed by atoms with van der Waals surface area (Å²) in [5, 5.41) is 0. The molecule has 0 radical (unpaired) electrons. The van der Waals surface area contributed by atoms with Gasteiger partial charge in [0.2, 0.25) is 0 Å². The number of rotatable bonds is 4. The Labute approximate surface area is 116 Å². The Balaban J connectivity index is 0. The van der Waals surface area contributed by atoms with Crippen LogP contribution in [0.1, 0.15) is 25.8 Å². The van der Waals surface area contributed by atoms with Gasteiger partial charge in [0.05, 0.1) is 0 Å². The maximum atomic E-state index is 11.2. The topological polar surface area (TPSA) is 26.3 Å². The van der Waals surface area contributed by atoms with Crippen molar-refractivity contribution in [1.29, 1.82) is 0 Å². The summed E-state index contributed by atoms with van der Waals surface area (Å²) < 4.78 is 5.04. The molecule has 0 N–H and O–H groups in total. The predicted molar refractivity (Wildman–Crippen MR) is 81.4 cm³/mol. The second kappa shape index (κ2) is 13.8. The van der Waals surface area contributed by atoms with Gasteiger partial charge >= 0.3 is 5.97 Å². The summed E-state index contributed by atoms with van der Waals surface area (Å²) >= 11 is 0. The van der Waals surface area contributed by atoms with Gasteiger partial charge in [0.25, 0.3) is 0 Å². The van der Waals surface area contributed by atoms with Crippen LogP contribution in [0.15, 0.2) is 55.1 Å². The number of allylic oxidation sites excluding steroid dienone is 1. The van der Waals surface area contributed by atoms with E-state index in [1.807, 2.05) is 44.2 Å². The van der Waals surface area contributed by atoms with Crippen molar-refractivity contribution >= 4 is 5.97 Å². The van der Waals surface area contributed by atoms with E-state index in [9.17, 15) is 4.79 Å². The lowest BCUT2D eigenvalue weighted by Crippen LogP contribution is -2.06. The molecule has 0 aliphatic carbocycles. The molecule has 0 unspecified atom stereocenters. The maximum absolute atomic E-state index is 11.2. The van der Waals surface area contributed by atoms with E-state index in [0.29, 0.717) is 18.6 Å². The summed E-state index contributed by atoms with van der Waals surface area (Å²) in [4.78, 5) is 11.2. The molecule has 0 aromatic heterocycles. The minimum atomic E-state index is -0.309. The van der Waals surface area contributed by atoms with Gasteiger partial charge in [0.15, 0.2) is 0 Å². The fourth-order valence-corrected chi connectivity index (χ4v) is 0.970. The molecule has 1 aromatic carbocycles. The fourth-order valence-electron chi connectivity index (χ4n) is 0.970. The number of hydrogen-bond donors (Lipinski definition) is 0. The average Bonchev–Trinajstić information content (AvgIpc) is 2.48. The zero-order valence-corrected chi connectivity index (χ0v) is 11.8. The van der Waals surface area contributed by atoms with Crippen LogP contribution < -0.4 is 0 Å². The van der Waals surface area contributed by atoms with Gasteiger partial charge in [0.1, 0.15) is 6.61 Å². The molecular weight excluding hydrogens is 236 g/mol. The first-order chi connectivity index (χ1) is 9.15. The van der Waals surface area contributed by atoms with Crippen molar-refractivity contribution in [3.05, 3.63) is 60.7 Å². The molecule has 0 saturated carbocycles. The first-order valence-corrected chi connectivity index (χ1v) is 5.94. The summed E-state index contributed by atoms with van der Waals surface area (Å²) in [7, 11) is 0. The number of benzene rings is 1. The Morgan fingerprint density at radius 1 is 1.32 bits per heavy atom. The van der Waals surface area contributed by atoms with E-state index >= 15 is 0 Å². The molecular formula is C17H22O2. The van der Waals surface area contributed by atoms with Crippen LogP contribution in [0.2, 0.25) is 0 Å². The number of carbonyl (C=O) groups excluding carboxylic acids is 1. The molecule has 19 heavy (non-hydrogen) atoms. The molecule has 1 aromatic rings. The molecule has 0 fully saturated rings. The van der Waals surface area contributed by atoms with Gasteiger partial charge in [-0.1, -0.05) is 49.9 Å². The summed E-state index contributed by atoms with van der Waals surface area (Å²) in [6.07, 6.45) is 10.4. The fraction of sp³-hybridized carbons (Fsp3) is 0.235. The summed E-state index contributed by atoms with van der Waals surface area (Å²) in [6, 6.07) is 9.59. The van der Waals surface area contributed by atoms with E-state index in [-0.39, 0.29) is 5.97 Å². The second-order valence-electron chi connectivity index (χ2n) is 3.43. The molecule has 1 rings (SSSR count). The monoisotopic (exact) mass is 258 g/mol. The molecule has 2 nitrogen and oxygen atoms in total. The van der Waals surface area contributed by atoms with Gasteiger partial charge in [0, 0.05) is 5.57 Å². The molecule has 2 heteroatoms. The predicted octanol–water partition coefficient (Wildman–Crippen LogP) is 4.14. The van der Waals surface area contributed by atoms with Crippen LogP contribution in [0.4, 0.5) is 0 Å². The molecule has 0 aliphatic heterocycles. The van der Waals surface area contributed by atoms with Crippen LogP contribution in [0.5, 0.6) is 0 Å². The highest BCUT2D eigenvalue weighted by Gasteiger charge is 2.05. The van der Waals surface area contributed by atoms with Crippen molar-refractivity contribution in [2.24, 2.45) is 0 Å². The molecule has 102 valence electrons. The number of carbonyl (C=O) groups is 1. The van der Waals surface area contributed by atoms with Crippen molar-refractivity contribution in [3.8, 4) is 12.8 Å². The van der Waals surface area contributed by atoms with Gasteiger partial charge < -0.3 is 4.74 Å². The van der Waals surface area contributed by atoms with E-state index in [4.69, 9.17) is 4.74 Å². The lowest BCUT2D eigenvalue weighted by Gasteiger charge is -2.04. The number of esters is 1. The van der Waals surface area contributed by atoms with Crippen LogP contribution in [0.25, 0.3) is 0 Å². The zero-order chi connectivity index (χ0) is 15.1. The van der Waals surface area contributed by atoms with E-state index in [1.54, 1.807) is 6.08 Å². The molecule has 0 heterocycles. The SMILES string of the molecule is C#C.C=C(CC)C(=O)OCc1ccccc1.C=CC. The Hall–Kier alpha value is -2.27. The van der Waals surface area contributed by atoms with Crippen molar-refractivity contribution in [1.82, 2.24) is 0 Å². The van der Waals surface area contributed by atoms with E-state index < -0.39 is 0 Å². The Bertz CT molecular complexity index is 388. The van der Waals surface area contributed by atoms with Gasteiger partial charge in [-0.15, -0.1) is 19.4 Å². The molecule has 0 saturated heterocycles. The standard InChI is InChI=1S/C12H14O2.C3H6.C2H2/c1-3-10(2)12(13)14-9-11-7-5-4-6-8-11;1-3-2;1-2/h4-8H,2-3,9H2,1H3;3H,1H2,2H3;1-2H. The molecule has 0 amide bonds. The quantitative estimate of drug-likeness (QED) is 0.351. The van der Waals surface area contributed by atoms with Gasteiger partial charge in [-0.3, -0.25) is 0 Å². The highest BCUT2D eigenvalue weighted by Crippen LogP contribution is 2.04. The zero-order valence-electron chi connectivity index (χ0n) is 11.8. The van der Waals surface area contributed by atoms with Crippen molar-refractivity contribution in [2.75, 3.05) is 0 Å². The third-order valence-electron chi connectivity index (χ3n) is 1.93. The normalized spacial score (nSPS) is 7.79. The lowest BCUT2D eigenvalue weighted by molar-refractivity contribution is -0.140. The van der Waals surface area contributed by atoms with Gasteiger partial charge in [-0.2, -0.15) is 0 Å². The molecule has 0 bridgehead atoms. The summed E-state index contributed by atoms with van der Waals surface area (Å²) in [5.41, 5.74) is 1.51. The third kappa shape index (κ3) is 10.6. The largest absolute Gasteiger partial charge is 0.457 e. The minimum absolute atomic E-state index is 0.309. The molecule has 0 aliphatic rings. The Morgan fingerprint density at radius 2 is 1.79 bits per heavy atom. The first-order valence-electron chi connectivity index (χ1n) is 5.94. The van der Waals surface area contributed by atoms with Crippen LogP contribution in [0.3, 0.4) is 0 Å². The maximum Gasteiger partial charge on any atom is 0.333 e. The van der Waals surface area contributed by atoms with E-state index in [1.165, 1.54) is 0 Å². The van der Waals surface area contributed by atoms with Crippen LogP contribution in [-0.2, 0) is 16.1 Å². The highest BCUT2D eigenvalue weighted by atomic mass is 16.5. The molecule has 0 atom stereocenters. The summed E-state index contributed by atoms with van der Waals surface area (Å²) in [6.45, 7) is 11.1. The van der Waals surface area contributed by atoms with Crippen molar-refractivity contribution < 1.29 is 9.53 Å². The Kier molecular flexibility index (Phi) is 13.9. The van der Waals surface area contributed by atoms with Crippen LogP contribution in [-0.4, -0.2) is 5.97 Å². The van der Waals surface area contributed by atoms with Crippen molar-refractivity contribution in [2.45, 2.75) is 26.9 Å². The van der Waals surface area contributed by atoms with Gasteiger partial charge in [-0.05, 0) is 18.9 Å². The minimum Gasteiger partial charge on any atom is -0.457 e. The second-order valence-corrected chi connectivity index (χ2v) is 3.43. The first kappa shape index (κ1) is 19.1. The number of ether oxygens (including phenoxy) is 1. The smallest absolute Gasteiger partial charge is 0.333 e. The highest BCUT2D eigenvalue weighted by molar-refractivity contribution is 5.87. The average molecular weight is 258 g/mol. The number of hydrogen-bond acceptors (Lipinski definition) is 2. The van der Waals surface area contributed by atoms with E-state index in [2.05, 4.69) is 26.0 Å². The number of terminal acetylenes is 1. The van der Waals surface area contributed by atoms with Crippen LogP contribution in [0, 0.1) is 12.8 Å². The van der Waals surface area contributed by atoms with E-state index in [0.717, 1.165) is 5.56 Å². The van der Waals surface area contributed by atoms with Crippen LogP contribution >= 0.6 is 0 Å². The van der Waals surface area contributed by atoms with Gasteiger partial charge in [-0.25, -0.2) is 4.79 Å². The molecule has 0 spiro atoms. The Morgan fingerprint density at radius 3 is 2.21 bits per heavy atom. The van der Waals surface area contributed by atoms with Crippen molar-refractivity contribution in [3.63, 3.8) is 0 Å². The third-order valence-corrected chi connectivity index (χ3v) is 1.93.